The number of rotatable bonds is 7. The van der Waals surface area contributed by atoms with E-state index in [1.165, 1.54) is 11.3 Å². The van der Waals surface area contributed by atoms with Crippen molar-refractivity contribution in [2.75, 3.05) is 20.8 Å². The molecule has 0 saturated heterocycles. The lowest BCUT2D eigenvalue weighted by Gasteiger charge is -2.28. The molecule has 7 nitrogen and oxygen atoms in total. The lowest BCUT2D eigenvalue weighted by Crippen LogP contribution is -2.40. The number of hydrogen-bond acceptors (Lipinski definition) is 7. The SMILES string of the molecule is CCOC(=O)C1=C(c2ccccc2)N=c2s/c(=C/c3ccc(OC)c(C)c3)c(=O)n2[C@@H]1c1c(OC)ccc2ccccc12. The minimum atomic E-state index is -0.855. The number of esters is 1. The van der Waals surface area contributed by atoms with Crippen LogP contribution in [0.15, 0.2) is 100 Å². The number of fused-ring (bicyclic) bond motifs is 2. The maximum Gasteiger partial charge on any atom is 0.338 e. The molecule has 1 aliphatic heterocycles. The van der Waals surface area contributed by atoms with Crippen molar-refractivity contribution in [3.8, 4) is 11.5 Å². The fourth-order valence-electron chi connectivity index (χ4n) is 5.59. The van der Waals surface area contributed by atoms with Crippen LogP contribution in [-0.2, 0) is 9.53 Å². The number of methoxy groups -OCH3 is 2. The highest BCUT2D eigenvalue weighted by atomic mass is 32.1. The lowest BCUT2D eigenvalue weighted by atomic mass is 9.89. The number of carbonyl (C=O) groups is 1. The number of benzene rings is 4. The van der Waals surface area contributed by atoms with E-state index in [9.17, 15) is 9.59 Å². The minimum Gasteiger partial charge on any atom is -0.496 e. The normalized spacial score (nSPS) is 14.8. The van der Waals surface area contributed by atoms with Crippen LogP contribution in [0.5, 0.6) is 11.5 Å². The number of ether oxygens (including phenoxy) is 3. The molecule has 0 amide bonds. The summed E-state index contributed by atoms with van der Waals surface area (Å²) < 4.78 is 19.0. The van der Waals surface area contributed by atoms with Crippen molar-refractivity contribution in [1.29, 1.82) is 0 Å². The van der Waals surface area contributed by atoms with Gasteiger partial charge in [0, 0.05) is 11.1 Å². The van der Waals surface area contributed by atoms with Crippen LogP contribution in [0.4, 0.5) is 0 Å². The van der Waals surface area contributed by atoms with Gasteiger partial charge in [0.1, 0.15) is 17.5 Å². The van der Waals surface area contributed by atoms with E-state index < -0.39 is 12.0 Å². The summed E-state index contributed by atoms with van der Waals surface area (Å²) in [5.74, 6) is 0.790. The van der Waals surface area contributed by atoms with Gasteiger partial charge in [-0.1, -0.05) is 78.1 Å². The molecular weight excluding hydrogens is 560 g/mol. The Morgan fingerprint density at radius 2 is 1.67 bits per heavy atom. The highest BCUT2D eigenvalue weighted by Gasteiger charge is 2.37. The van der Waals surface area contributed by atoms with Gasteiger partial charge in [-0.3, -0.25) is 9.36 Å². The first-order valence-corrected chi connectivity index (χ1v) is 14.8. The van der Waals surface area contributed by atoms with Crippen molar-refractivity contribution < 1.29 is 19.0 Å². The molecule has 0 fully saturated rings. The number of carbonyl (C=O) groups excluding carboxylic acids is 1. The van der Waals surface area contributed by atoms with Gasteiger partial charge >= 0.3 is 5.97 Å². The zero-order chi connectivity index (χ0) is 30.1. The molecule has 0 radical (unpaired) electrons. The van der Waals surface area contributed by atoms with Gasteiger partial charge in [0.15, 0.2) is 4.80 Å². The van der Waals surface area contributed by atoms with Gasteiger partial charge in [-0.25, -0.2) is 9.79 Å². The Hall–Kier alpha value is -4.95. The molecule has 2 heterocycles. The molecule has 1 aliphatic rings. The standard InChI is InChI=1S/C35H30N2O5S/c1-5-42-34(39)30-31(24-12-7-6-8-13-24)36-35-37(32(30)29-25-14-10-9-11-23(25)16-18-27(29)41-4)33(38)28(43-35)20-22-15-17-26(40-3)21(2)19-22/h6-20,32H,5H2,1-4H3/b28-20+/t32-/m1/s1. The highest BCUT2D eigenvalue weighted by molar-refractivity contribution is 7.07. The van der Waals surface area contributed by atoms with Crippen molar-refractivity contribution in [2.24, 2.45) is 4.99 Å². The molecule has 6 rings (SSSR count). The molecule has 0 aliphatic carbocycles. The van der Waals surface area contributed by atoms with Gasteiger partial charge in [-0.15, -0.1) is 0 Å². The molecule has 4 aromatic carbocycles. The lowest BCUT2D eigenvalue weighted by molar-refractivity contribution is -0.138. The molecule has 1 atom stereocenters. The van der Waals surface area contributed by atoms with Crippen molar-refractivity contribution in [3.63, 3.8) is 0 Å². The maximum atomic E-state index is 14.4. The summed E-state index contributed by atoms with van der Waals surface area (Å²) in [5.41, 5.74) is 3.74. The van der Waals surface area contributed by atoms with E-state index in [4.69, 9.17) is 19.2 Å². The zero-order valence-corrected chi connectivity index (χ0v) is 25.1. The Kier molecular flexibility index (Phi) is 7.69. The number of hydrogen-bond donors (Lipinski definition) is 0. The first-order chi connectivity index (χ1) is 20.9. The first kappa shape index (κ1) is 28.2. The van der Waals surface area contributed by atoms with Crippen molar-refractivity contribution in [2.45, 2.75) is 19.9 Å². The van der Waals surface area contributed by atoms with Crippen LogP contribution in [-0.4, -0.2) is 31.4 Å². The molecule has 216 valence electrons. The van der Waals surface area contributed by atoms with Crippen molar-refractivity contribution in [1.82, 2.24) is 4.57 Å². The van der Waals surface area contributed by atoms with E-state index in [1.54, 1.807) is 25.7 Å². The smallest absolute Gasteiger partial charge is 0.338 e. The maximum absolute atomic E-state index is 14.4. The van der Waals surface area contributed by atoms with E-state index in [2.05, 4.69) is 0 Å². The Balaban J connectivity index is 1.72. The summed E-state index contributed by atoms with van der Waals surface area (Å²) in [4.78, 5) is 33.7. The van der Waals surface area contributed by atoms with Crippen LogP contribution in [0.3, 0.4) is 0 Å². The molecule has 0 spiro atoms. The van der Waals surface area contributed by atoms with E-state index in [-0.39, 0.29) is 17.7 Å². The fourth-order valence-corrected chi connectivity index (χ4v) is 6.59. The predicted octanol–water partition coefficient (Wildman–Crippen LogP) is 5.41. The zero-order valence-electron chi connectivity index (χ0n) is 24.3. The quantitative estimate of drug-likeness (QED) is 0.237. The molecule has 1 aromatic heterocycles. The summed E-state index contributed by atoms with van der Waals surface area (Å²) in [6.45, 7) is 3.90. The molecule has 5 aromatic rings. The second-order valence-corrected chi connectivity index (χ2v) is 11.1. The van der Waals surface area contributed by atoms with Crippen molar-refractivity contribution in [3.05, 3.63) is 132 Å². The van der Waals surface area contributed by atoms with Gasteiger partial charge in [0.25, 0.3) is 5.56 Å². The summed E-state index contributed by atoms with van der Waals surface area (Å²) in [7, 11) is 3.22. The van der Waals surface area contributed by atoms with Gasteiger partial charge in [-0.2, -0.15) is 0 Å². The van der Waals surface area contributed by atoms with Crippen LogP contribution in [0, 0.1) is 6.92 Å². The second kappa shape index (κ2) is 11.7. The third-order valence-corrected chi connectivity index (χ3v) is 8.50. The summed E-state index contributed by atoms with van der Waals surface area (Å²) in [6, 6.07) is 26.2. The number of thiazole rings is 1. The molecule has 0 unspecified atom stereocenters. The Labute approximate surface area is 252 Å². The fraction of sp³-hybridized carbons (Fsp3) is 0.171. The average Bonchev–Trinajstić information content (AvgIpc) is 3.34. The Morgan fingerprint density at radius 1 is 0.953 bits per heavy atom. The first-order valence-electron chi connectivity index (χ1n) is 13.9. The summed E-state index contributed by atoms with van der Waals surface area (Å²) in [6.07, 6.45) is 1.85. The van der Waals surface area contributed by atoms with Crippen molar-refractivity contribution >= 4 is 39.9 Å². The van der Waals surface area contributed by atoms with Crippen LogP contribution in [0.25, 0.3) is 22.5 Å². The van der Waals surface area contributed by atoms with E-state index in [1.807, 2.05) is 97.9 Å². The topological polar surface area (TPSA) is 79.1 Å². The highest BCUT2D eigenvalue weighted by Crippen LogP contribution is 2.42. The summed E-state index contributed by atoms with van der Waals surface area (Å²) >= 11 is 1.29. The predicted molar refractivity (Wildman–Crippen MR) is 169 cm³/mol. The van der Waals surface area contributed by atoms with Gasteiger partial charge in [0.2, 0.25) is 0 Å². The molecule has 0 saturated carbocycles. The third kappa shape index (κ3) is 5.04. The largest absolute Gasteiger partial charge is 0.496 e. The Bertz CT molecular complexity index is 2080. The monoisotopic (exact) mass is 590 g/mol. The Morgan fingerprint density at radius 3 is 2.40 bits per heavy atom. The van der Waals surface area contributed by atoms with Gasteiger partial charge in [-0.05, 0) is 60.0 Å². The number of aryl methyl sites for hydroxylation is 1. The van der Waals surface area contributed by atoms with E-state index in [0.717, 1.165) is 33.2 Å². The van der Waals surface area contributed by atoms with Crippen LogP contribution in [0.1, 0.15) is 35.2 Å². The van der Waals surface area contributed by atoms with Crippen LogP contribution >= 0.6 is 11.3 Å². The molecule has 0 N–H and O–H groups in total. The van der Waals surface area contributed by atoms with E-state index in [0.29, 0.717) is 26.3 Å². The minimum absolute atomic E-state index is 0.172. The second-order valence-electron chi connectivity index (χ2n) is 10.1. The molecular formula is C35H30N2O5S. The summed E-state index contributed by atoms with van der Waals surface area (Å²) in [5, 5.41) is 1.82. The third-order valence-electron chi connectivity index (χ3n) is 7.51. The average molecular weight is 591 g/mol. The number of aromatic nitrogens is 1. The molecule has 43 heavy (non-hydrogen) atoms. The van der Waals surface area contributed by atoms with Crippen LogP contribution in [0.2, 0.25) is 0 Å². The molecule has 0 bridgehead atoms. The van der Waals surface area contributed by atoms with E-state index >= 15 is 0 Å². The van der Waals surface area contributed by atoms with Gasteiger partial charge < -0.3 is 14.2 Å². The number of nitrogens with zero attached hydrogens (tertiary/aromatic N) is 2. The van der Waals surface area contributed by atoms with Crippen LogP contribution < -0.4 is 24.4 Å². The molecule has 8 heteroatoms. The van der Waals surface area contributed by atoms with Gasteiger partial charge in [0.05, 0.1) is 36.6 Å².